The highest BCUT2D eigenvalue weighted by molar-refractivity contribution is 5.97. The summed E-state index contributed by atoms with van der Waals surface area (Å²) in [6.45, 7) is 0. The van der Waals surface area contributed by atoms with Crippen LogP contribution >= 0.6 is 0 Å². The fourth-order valence-corrected chi connectivity index (χ4v) is 1.89. The van der Waals surface area contributed by atoms with E-state index >= 15 is 0 Å². The Morgan fingerprint density at radius 2 is 2.20 bits per heavy atom. The number of nitrogens with one attached hydrogen (secondary N) is 2. The molecule has 0 aliphatic rings. The summed E-state index contributed by atoms with van der Waals surface area (Å²) in [7, 11) is 0. The van der Waals surface area contributed by atoms with Crippen molar-refractivity contribution in [2.24, 2.45) is 0 Å². The Hall–Kier alpha value is -2.96. The van der Waals surface area contributed by atoms with E-state index in [9.17, 15) is 9.18 Å². The van der Waals surface area contributed by atoms with Crippen LogP contribution in [0.2, 0.25) is 0 Å². The molecule has 20 heavy (non-hydrogen) atoms. The molecule has 0 bridgehead atoms. The van der Waals surface area contributed by atoms with E-state index in [1.54, 1.807) is 6.07 Å². The third-order valence-electron chi connectivity index (χ3n) is 2.83. The number of H-pyrrole nitrogens is 1. The van der Waals surface area contributed by atoms with Gasteiger partial charge in [0, 0.05) is 11.6 Å². The topological polar surface area (TPSA) is 90.9 Å². The first-order valence-electron chi connectivity index (χ1n) is 5.73. The Balaban J connectivity index is 2.06. The van der Waals surface area contributed by atoms with Crippen LogP contribution in [0.25, 0.3) is 10.9 Å². The maximum atomic E-state index is 13.3. The summed E-state index contributed by atoms with van der Waals surface area (Å²) in [6.07, 6.45) is 2.76. The van der Waals surface area contributed by atoms with E-state index in [0.29, 0.717) is 16.7 Å². The molecule has 3 N–H and O–H groups in total. The standard InChI is InChI=1S/C13H9FN4O2/c14-7-1-2-10-9(5-7)12(18-17-10)16-11-6-15-4-3-8(11)13(19)20/h1-6H,(H,19,20)(H2,16,17,18). The number of aromatic carboxylic acids is 1. The van der Waals surface area contributed by atoms with Crippen LogP contribution in [-0.2, 0) is 0 Å². The second-order valence-corrected chi connectivity index (χ2v) is 4.11. The van der Waals surface area contributed by atoms with E-state index < -0.39 is 11.8 Å². The summed E-state index contributed by atoms with van der Waals surface area (Å²) in [5, 5.41) is 19.2. The number of anilines is 2. The van der Waals surface area contributed by atoms with Crippen LogP contribution in [0.1, 0.15) is 10.4 Å². The zero-order valence-electron chi connectivity index (χ0n) is 10.1. The van der Waals surface area contributed by atoms with Gasteiger partial charge in [-0.3, -0.25) is 10.1 Å². The molecule has 2 heterocycles. The van der Waals surface area contributed by atoms with Gasteiger partial charge >= 0.3 is 5.97 Å². The number of hydrogen-bond donors (Lipinski definition) is 3. The molecule has 3 aromatic rings. The molecule has 6 nitrogen and oxygen atoms in total. The molecule has 0 spiro atoms. The Kier molecular flexibility index (Phi) is 2.79. The van der Waals surface area contributed by atoms with Gasteiger partial charge in [-0.2, -0.15) is 5.10 Å². The fraction of sp³-hybridized carbons (Fsp3) is 0. The Bertz CT molecular complexity index is 800. The largest absolute Gasteiger partial charge is 0.478 e. The zero-order valence-corrected chi connectivity index (χ0v) is 10.1. The predicted octanol–water partition coefficient (Wildman–Crippen LogP) is 2.54. The van der Waals surface area contributed by atoms with E-state index in [1.807, 2.05) is 0 Å². The lowest BCUT2D eigenvalue weighted by Gasteiger charge is -2.06. The van der Waals surface area contributed by atoms with Crippen molar-refractivity contribution in [3.05, 3.63) is 48.0 Å². The highest BCUT2D eigenvalue weighted by atomic mass is 19.1. The molecular formula is C13H9FN4O2. The third kappa shape index (κ3) is 2.05. The first-order valence-corrected chi connectivity index (χ1v) is 5.73. The van der Waals surface area contributed by atoms with Crippen LogP contribution < -0.4 is 5.32 Å². The smallest absolute Gasteiger partial charge is 0.337 e. The van der Waals surface area contributed by atoms with Gasteiger partial charge in [0.25, 0.3) is 0 Å². The number of fused-ring (bicyclic) bond motifs is 1. The van der Waals surface area contributed by atoms with Crippen LogP contribution in [0, 0.1) is 5.82 Å². The van der Waals surface area contributed by atoms with Crippen molar-refractivity contribution in [3.8, 4) is 0 Å². The van der Waals surface area contributed by atoms with Crippen LogP contribution in [0.15, 0.2) is 36.7 Å². The number of aromatic nitrogens is 3. The SMILES string of the molecule is O=C(O)c1ccncc1Nc1n[nH]c2ccc(F)cc12. The van der Waals surface area contributed by atoms with Gasteiger partial charge in [0.2, 0.25) is 0 Å². The predicted molar refractivity (Wildman–Crippen MR) is 70.5 cm³/mol. The number of halogens is 1. The van der Waals surface area contributed by atoms with Crippen molar-refractivity contribution in [2.45, 2.75) is 0 Å². The summed E-state index contributed by atoms with van der Waals surface area (Å²) in [5.41, 5.74) is 1.000. The number of benzene rings is 1. The Labute approximate surface area is 112 Å². The summed E-state index contributed by atoms with van der Waals surface area (Å²) in [5.74, 6) is -1.14. The summed E-state index contributed by atoms with van der Waals surface area (Å²) >= 11 is 0. The lowest BCUT2D eigenvalue weighted by molar-refractivity contribution is 0.0698. The number of carboxylic acid groups (broad SMARTS) is 1. The Morgan fingerprint density at radius 1 is 1.35 bits per heavy atom. The number of aromatic amines is 1. The molecule has 0 amide bonds. The van der Waals surface area contributed by atoms with Crippen LogP contribution in [0.4, 0.5) is 15.9 Å². The molecule has 0 fully saturated rings. The van der Waals surface area contributed by atoms with Crippen LogP contribution in [0.5, 0.6) is 0 Å². The number of carboxylic acids is 1. The molecule has 0 saturated carbocycles. The quantitative estimate of drug-likeness (QED) is 0.681. The lowest BCUT2D eigenvalue weighted by Crippen LogP contribution is -2.03. The second kappa shape index (κ2) is 4.61. The van der Waals surface area contributed by atoms with E-state index in [2.05, 4.69) is 20.5 Å². The number of hydrogen-bond acceptors (Lipinski definition) is 4. The molecule has 0 aliphatic heterocycles. The second-order valence-electron chi connectivity index (χ2n) is 4.11. The van der Waals surface area contributed by atoms with Crippen molar-refractivity contribution in [3.63, 3.8) is 0 Å². The van der Waals surface area contributed by atoms with Crippen molar-refractivity contribution in [1.29, 1.82) is 0 Å². The molecule has 0 aliphatic carbocycles. The van der Waals surface area contributed by atoms with Gasteiger partial charge in [-0.1, -0.05) is 0 Å². The molecular weight excluding hydrogens is 263 g/mol. The van der Waals surface area contributed by atoms with Crippen molar-refractivity contribution in [1.82, 2.24) is 15.2 Å². The highest BCUT2D eigenvalue weighted by Gasteiger charge is 2.13. The molecule has 100 valence electrons. The van der Waals surface area contributed by atoms with Gasteiger partial charge in [-0.25, -0.2) is 9.18 Å². The van der Waals surface area contributed by atoms with E-state index in [-0.39, 0.29) is 11.3 Å². The number of rotatable bonds is 3. The fourth-order valence-electron chi connectivity index (χ4n) is 1.89. The molecule has 0 radical (unpaired) electrons. The normalized spacial score (nSPS) is 10.7. The average Bonchev–Trinajstić information content (AvgIpc) is 2.82. The monoisotopic (exact) mass is 272 g/mol. The number of pyridine rings is 1. The lowest BCUT2D eigenvalue weighted by atomic mass is 10.2. The molecule has 2 aromatic heterocycles. The van der Waals surface area contributed by atoms with Gasteiger partial charge in [0.15, 0.2) is 5.82 Å². The molecule has 0 saturated heterocycles. The molecule has 3 rings (SSSR count). The maximum absolute atomic E-state index is 13.3. The number of nitrogens with zero attached hydrogens (tertiary/aromatic N) is 2. The summed E-state index contributed by atoms with van der Waals surface area (Å²) in [4.78, 5) is 15.0. The highest BCUT2D eigenvalue weighted by Crippen LogP contribution is 2.25. The maximum Gasteiger partial charge on any atom is 0.337 e. The summed E-state index contributed by atoms with van der Waals surface area (Å²) in [6, 6.07) is 5.57. The first-order chi connectivity index (χ1) is 9.65. The van der Waals surface area contributed by atoms with Crippen LogP contribution in [0.3, 0.4) is 0 Å². The van der Waals surface area contributed by atoms with E-state index in [0.717, 1.165) is 0 Å². The molecule has 0 unspecified atom stereocenters. The first kappa shape index (κ1) is 12.1. The minimum Gasteiger partial charge on any atom is -0.478 e. The summed E-state index contributed by atoms with van der Waals surface area (Å²) < 4.78 is 13.3. The minimum atomic E-state index is -1.08. The minimum absolute atomic E-state index is 0.0625. The van der Waals surface area contributed by atoms with Crippen molar-refractivity contribution >= 4 is 28.4 Å². The van der Waals surface area contributed by atoms with Crippen molar-refractivity contribution < 1.29 is 14.3 Å². The van der Waals surface area contributed by atoms with Gasteiger partial charge in [0.1, 0.15) is 5.82 Å². The number of carbonyl (C=O) groups is 1. The van der Waals surface area contributed by atoms with Crippen molar-refractivity contribution in [2.75, 3.05) is 5.32 Å². The molecule has 7 heteroatoms. The van der Waals surface area contributed by atoms with Crippen LogP contribution in [-0.4, -0.2) is 26.3 Å². The van der Waals surface area contributed by atoms with Gasteiger partial charge in [0.05, 0.1) is 23.0 Å². The average molecular weight is 272 g/mol. The zero-order chi connectivity index (χ0) is 14.1. The van der Waals surface area contributed by atoms with Gasteiger partial charge in [-0.15, -0.1) is 0 Å². The molecule has 0 atom stereocenters. The van der Waals surface area contributed by atoms with Gasteiger partial charge < -0.3 is 10.4 Å². The third-order valence-corrected chi connectivity index (χ3v) is 2.83. The molecule has 1 aromatic carbocycles. The van der Waals surface area contributed by atoms with E-state index in [1.165, 1.54) is 30.6 Å². The Morgan fingerprint density at radius 3 is 3.00 bits per heavy atom. The van der Waals surface area contributed by atoms with Gasteiger partial charge in [-0.05, 0) is 24.3 Å². The van der Waals surface area contributed by atoms with E-state index in [4.69, 9.17) is 5.11 Å².